The number of fused-ring (bicyclic) bond motifs is 1. The highest BCUT2D eigenvalue weighted by Gasteiger charge is 2.29. The lowest BCUT2D eigenvalue weighted by Crippen LogP contribution is -2.50. The van der Waals surface area contributed by atoms with Gasteiger partial charge >= 0.3 is 0 Å². The molecule has 1 unspecified atom stereocenters. The Bertz CT molecular complexity index is 707. The lowest BCUT2D eigenvalue weighted by Gasteiger charge is -2.33. The smallest absolute Gasteiger partial charge is 0.271 e. The topological polar surface area (TPSA) is 80.1 Å². The van der Waals surface area contributed by atoms with E-state index < -0.39 is 0 Å². The number of hydrogen-bond acceptors (Lipinski definition) is 4. The number of aryl methyl sites for hydroxylation is 1. The fourth-order valence-corrected chi connectivity index (χ4v) is 2.48. The largest absolute Gasteiger partial charge is 0.349 e. The molecule has 3 heterocycles. The maximum absolute atomic E-state index is 12.2. The summed E-state index contributed by atoms with van der Waals surface area (Å²) in [6, 6.07) is 3.56. The number of carbonyl (C=O) groups is 2. The van der Waals surface area contributed by atoms with Crippen LogP contribution in [0.5, 0.6) is 0 Å². The van der Waals surface area contributed by atoms with Crippen LogP contribution in [-0.2, 0) is 6.54 Å². The number of aromatic nitrogens is 3. The summed E-state index contributed by atoms with van der Waals surface area (Å²) in [7, 11) is 1.75. The first-order valence-electron chi connectivity index (χ1n) is 7.05. The van der Waals surface area contributed by atoms with Crippen molar-refractivity contribution < 1.29 is 9.59 Å². The molecule has 0 spiro atoms. The van der Waals surface area contributed by atoms with Crippen LogP contribution in [-0.4, -0.2) is 50.9 Å². The number of likely N-dealkylation sites (N-methyl/N-ethyl adjacent to an activating group) is 1. The molecule has 2 amide bonds. The van der Waals surface area contributed by atoms with E-state index in [-0.39, 0.29) is 23.6 Å². The molecule has 0 fully saturated rings. The summed E-state index contributed by atoms with van der Waals surface area (Å²) in [5.41, 5.74) is 1.71. The second-order valence-corrected chi connectivity index (χ2v) is 5.37. The zero-order valence-corrected chi connectivity index (χ0v) is 12.5. The van der Waals surface area contributed by atoms with E-state index in [2.05, 4.69) is 15.3 Å². The van der Waals surface area contributed by atoms with E-state index in [4.69, 9.17) is 0 Å². The third-order valence-electron chi connectivity index (χ3n) is 3.84. The minimum Gasteiger partial charge on any atom is -0.349 e. The van der Waals surface area contributed by atoms with Gasteiger partial charge in [0, 0.05) is 32.5 Å². The molecule has 1 aliphatic heterocycles. The van der Waals surface area contributed by atoms with Gasteiger partial charge in [-0.1, -0.05) is 0 Å². The highest BCUT2D eigenvalue weighted by Crippen LogP contribution is 2.16. The first-order valence-corrected chi connectivity index (χ1v) is 7.05. The number of nitrogens with one attached hydrogen (secondary N) is 1. The highest BCUT2D eigenvalue weighted by atomic mass is 16.2. The third kappa shape index (κ3) is 2.57. The zero-order chi connectivity index (χ0) is 15.7. The van der Waals surface area contributed by atoms with E-state index in [1.165, 1.54) is 6.20 Å². The van der Waals surface area contributed by atoms with Crippen LogP contribution in [0.25, 0.3) is 0 Å². The Morgan fingerprint density at radius 2 is 2.23 bits per heavy atom. The number of nitrogens with zero attached hydrogens (tertiary/aromatic N) is 4. The summed E-state index contributed by atoms with van der Waals surface area (Å²) in [5, 5.41) is 2.81. The molecule has 7 nitrogen and oxygen atoms in total. The molecule has 0 aromatic carbocycles. The zero-order valence-electron chi connectivity index (χ0n) is 12.5. The second-order valence-electron chi connectivity index (χ2n) is 5.37. The second kappa shape index (κ2) is 5.59. The molecular weight excluding hydrogens is 282 g/mol. The lowest BCUT2D eigenvalue weighted by molar-refractivity contribution is 0.0645. The van der Waals surface area contributed by atoms with Gasteiger partial charge in [0.2, 0.25) is 0 Å². The minimum atomic E-state index is -0.286. The van der Waals surface area contributed by atoms with Gasteiger partial charge in [0.15, 0.2) is 0 Å². The SMILES string of the molecule is Cc1cnc(C(=O)NCC2Cn3cccc3C(=O)N2C)cn1. The van der Waals surface area contributed by atoms with Crippen molar-refractivity contribution >= 4 is 11.8 Å². The summed E-state index contributed by atoms with van der Waals surface area (Å²) >= 11 is 0. The normalized spacial score (nSPS) is 17.3. The van der Waals surface area contributed by atoms with Gasteiger partial charge in [0.05, 0.1) is 17.9 Å². The first kappa shape index (κ1) is 14.2. The number of amides is 2. The number of rotatable bonds is 3. The van der Waals surface area contributed by atoms with Crippen LogP contribution in [0.15, 0.2) is 30.7 Å². The van der Waals surface area contributed by atoms with Crippen LogP contribution in [0.4, 0.5) is 0 Å². The van der Waals surface area contributed by atoms with Crippen LogP contribution in [0.2, 0.25) is 0 Å². The Balaban J connectivity index is 1.65. The summed E-state index contributed by atoms with van der Waals surface area (Å²) < 4.78 is 1.91. The van der Waals surface area contributed by atoms with Gasteiger partial charge in [-0.2, -0.15) is 0 Å². The molecule has 1 aliphatic rings. The molecule has 3 rings (SSSR count). The van der Waals surface area contributed by atoms with E-state index in [1.54, 1.807) is 24.2 Å². The average Bonchev–Trinajstić information content (AvgIpc) is 2.98. The Morgan fingerprint density at radius 3 is 2.95 bits per heavy atom. The summed E-state index contributed by atoms with van der Waals surface area (Å²) in [6.07, 6.45) is 4.88. The predicted molar refractivity (Wildman–Crippen MR) is 79.4 cm³/mol. The standard InChI is InChI=1S/C15H17N5O2/c1-10-6-17-12(8-16-10)14(21)18-7-11-9-20-5-3-4-13(20)15(22)19(11)2/h3-6,8,11H,7,9H2,1-2H3,(H,18,21). The number of hydrogen-bond donors (Lipinski definition) is 1. The fourth-order valence-electron chi connectivity index (χ4n) is 2.48. The monoisotopic (exact) mass is 299 g/mol. The Hall–Kier alpha value is -2.70. The van der Waals surface area contributed by atoms with E-state index >= 15 is 0 Å². The molecule has 1 N–H and O–H groups in total. The Morgan fingerprint density at radius 1 is 1.41 bits per heavy atom. The van der Waals surface area contributed by atoms with Crippen molar-refractivity contribution in [3.05, 3.63) is 47.8 Å². The van der Waals surface area contributed by atoms with Gasteiger partial charge in [-0.3, -0.25) is 14.6 Å². The molecule has 0 aliphatic carbocycles. The molecule has 22 heavy (non-hydrogen) atoms. The Kier molecular flexibility index (Phi) is 3.62. The van der Waals surface area contributed by atoms with Gasteiger partial charge in [0.25, 0.3) is 11.8 Å². The van der Waals surface area contributed by atoms with Crippen molar-refractivity contribution in [2.24, 2.45) is 0 Å². The molecular formula is C15H17N5O2. The van der Waals surface area contributed by atoms with Crippen molar-refractivity contribution in [1.82, 2.24) is 24.8 Å². The van der Waals surface area contributed by atoms with Gasteiger partial charge in [-0.15, -0.1) is 0 Å². The fraction of sp³-hybridized carbons (Fsp3) is 0.333. The van der Waals surface area contributed by atoms with Gasteiger partial charge in [-0.05, 0) is 19.1 Å². The van der Waals surface area contributed by atoms with Gasteiger partial charge in [0.1, 0.15) is 11.4 Å². The van der Waals surface area contributed by atoms with Crippen LogP contribution in [0, 0.1) is 6.92 Å². The van der Waals surface area contributed by atoms with E-state index in [0.717, 1.165) is 5.69 Å². The van der Waals surface area contributed by atoms with Crippen LogP contribution in [0.3, 0.4) is 0 Å². The summed E-state index contributed by atoms with van der Waals surface area (Å²) in [5.74, 6) is -0.322. The van der Waals surface area contributed by atoms with Crippen molar-refractivity contribution in [2.75, 3.05) is 13.6 Å². The van der Waals surface area contributed by atoms with Crippen molar-refractivity contribution in [1.29, 1.82) is 0 Å². The van der Waals surface area contributed by atoms with Crippen molar-refractivity contribution in [2.45, 2.75) is 19.5 Å². The molecule has 1 atom stereocenters. The quantitative estimate of drug-likeness (QED) is 0.893. The molecule has 2 aromatic rings. The molecule has 0 saturated heterocycles. The van der Waals surface area contributed by atoms with Crippen LogP contribution < -0.4 is 5.32 Å². The van der Waals surface area contributed by atoms with E-state index in [1.807, 2.05) is 23.8 Å². The maximum atomic E-state index is 12.2. The molecule has 0 bridgehead atoms. The van der Waals surface area contributed by atoms with Gasteiger partial charge in [-0.25, -0.2) is 4.98 Å². The van der Waals surface area contributed by atoms with Crippen molar-refractivity contribution in [3.63, 3.8) is 0 Å². The average molecular weight is 299 g/mol. The van der Waals surface area contributed by atoms with Crippen LogP contribution >= 0.6 is 0 Å². The lowest BCUT2D eigenvalue weighted by atomic mass is 10.1. The summed E-state index contributed by atoms with van der Waals surface area (Å²) in [6.45, 7) is 2.84. The van der Waals surface area contributed by atoms with E-state index in [9.17, 15) is 9.59 Å². The highest BCUT2D eigenvalue weighted by molar-refractivity contribution is 5.94. The van der Waals surface area contributed by atoms with E-state index in [0.29, 0.717) is 18.8 Å². The predicted octanol–water partition coefficient (Wildman–Crippen LogP) is 0.471. The third-order valence-corrected chi connectivity index (χ3v) is 3.84. The van der Waals surface area contributed by atoms with Crippen molar-refractivity contribution in [3.8, 4) is 0 Å². The molecule has 2 aromatic heterocycles. The molecule has 0 saturated carbocycles. The van der Waals surface area contributed by atoms with Crippen LogP contribution in [0.1, 0.15) is 26.7 Å². The molecule has 114 valence electrons. The maximum Gasteiger partial charge on any atom is 0.271 e. The first-order chi connectivity index (χ1) is 10.6. The molecule has 0 radical (unpaired) electrons. The minimum absolute atomic E-state index is 0.0365. The number of carbonyl (C=O) groups excluding carboxylic acids is 2. The Labute approximate surface area is 128 Å². The molecule has 7 heteroatoms. The summed E-state index contributed by atoms with van der Waals surface area (Å²) in [4.78, 5) is 34.0. The van der Waals surface area contributed by atoms with Gasteiger partial charge < -0.3 is 14.8 Å².